The van der Waals surface area contributed by atoms with E-state index in [4.69, 9.17) is 0 Å². The van der Waals surface area contributed by atoms with Gasteiger partial charge in [0.05, 0.1) is 17.0 Å². The van der Waals surface area contributed by atoms with Crippen LogP contribution >= 0.6 is 0 Å². The van der Waals surface area contributed by atoms with Crippen molar-refractivity contribution in [1.82, 2.24) is 4.90 Å². The molecular weight excluding hydrogens is 300 g/mol. The van der Waals surface area contributed by atoms with Gasteiger partial charge in [-0.25, -0.2) is 0 Å². The third kappa shape index (κ3) is 1.01. The molecule has 4 atom stereocenters. The molecule has 0 radical (unpaired) electrons. The van der Waals surface area contributed by atoms with Gasteiger partial charge in [0.2, 0.25) is 5.91 Å². The normalized spacial score (nSPS) is 44.0. The molecule has 3 heterocycles. The van der Waals surface area contributed by atoms with Gasteiger partial charge in [-0.15, -0.1) is 0 Å². The summed E-state index contributed by atoms with van der Waals surface area (Å²) in [6, 6.07) is 8.63. The van der Waals surface area contributed by atoms with Crippen LogP contribution in [0.5, 0.6) is 0 Å². The summed E-state index contributed by atoms with van der Waals surface area (Å²) in [5.74, 6) is 0.426. The maximum Gasteiger partial charge on any atom is 0.246 e. The first-order valence-electron chi connectivity index (χ1n) is 8.93. The van der Waals surface area contributed by atoms with Crippen molar-refractivity contribution < 1.29 is 9.59 Å². The molecule has 4 heteroatoms. The molecule has 24 heavy (non-hydrogen) atoms. The topological polar surface area (TPSA) is 40.6 Å². The van der Waals surface area contributed by atoms with Gasteiger partial charge in [0, 0.05) is 37.2 Å². The van der Waals surface area contributed by atoms with Crippen molar-refractivity contribution in [1.29, 1.82) is 0 Å². The SMILES string of the molecule is CN1c2ccccc2[C@@]23CCN4C(=O)C=C[C@@]5(CC[C@@]12CC5=O)[C@H]43. The highest BCUT2D eigenvalue weighted by Gasteiger charge is 2.79. The number of anilines is 1. The van der Waals surface area contributed by atoms with Gasteiger partial charge in [0.25, 0.3) is 0 Å². The second-order valence-corrected chi connectivity index (χ2v) is 8.24. The van der Waals surface area contributed by atoms with Crippen molar-refractivity contribution in [2.24, 2.45) is 5.41 Å². The molecule has 3 spiro atoms. The Morgan fingerprint density at radius 1 is 1.12 bits per heavy atom. The quantitative estimate of drug-likeness (QED) is 0.734. The molecule has 6 aliphatic rings. The van der Waals surface area contributed by atoms with Crippen molar-refractivity contribution in [3.63, 3.8) is 0 Å². The van der Waals surface area contributed by atoms with Crippen molar-refractivity contribution >= 4 is 17.4 Å². The molecule has 1 aromatic rings. The number of rotatable bonds is 0. The molecule has 0 N–H and O–H groups in total. The number of hydrogen-bond acceptors (Lipinski definition) is 3. The van der Waals surface area contributed by atoms with Gasteiger partial charge in [-0.2, -0.15) is 0 Å². The summed E-state index contributed by atoms with van der Waals surface area (Å²) in [6.45, 7) is 0.771. The molecule has 2 bridgehead atoms. The molecule has 0 aromatic heterocycles. The maximum atomic E-state index is 13.3. The lowest BCUT2D eigenvalue weighted by Crippen LogP contribution is -2.76. The Balaban J connectivity index is 1.74. The summed E-state index contributed by atoms with van der Waals surface area (Å²) in [6.07, 6.45) is 7.12. The number of carbonyl (C=O) groups excluding carboxylic acids is 2. The zero-order chi connectivity index (χ0) is 16.3. The van der Waals surface area contributed by atoms with Crippen LogP contribution in [0.1, 0.15) is 31.2 Å². The van der Waals surface area contributed by atoms with Gasteiger partial charge >= 0.3 is 0 Å². The molecule has 3 saturated carbocycles. The first-order chi connectivity index (χ1) is 11.6. The standard InChI is InChI=1S/C20H20N2O2/c1-21-14-5-3-2-4-13(14)20-10-11-22-16(24)6-7-18(17(20)22)8-9-19(20,21)12-15(18)23/h2-7,17H,8-12H2,1H3/t17-,18-,19-,20+/m0/s1. The van der Waals surface area contributed by atoms with Gasteiger partial charge in [-0.1, -0.05) is 24.3 Å². The van der Waals surface area contributed by atoms with Gasteiger partial charge in [-0.3, -0.25) is 9.59 Å². The van der Waals surface area contributed by atoms with Crippen LogP contribution in [-0.2, 0) is 15.0 Å². The summed E-state index contributed by atoms with van der Waals surface area (Å²) in [5.41, 5.74) is 1.92. The van der Waals surface area contributed by atoms with Crippen LogP contribution < -0.4 is 4.90 Å². The Morgan fingerprint density at radius 3 is 2.79 bits per heavy atom. The van der Waals surface area contributed by atoms with Crippen LogP contribution in [0, 0.1) is 5.41 Å². The lowest BCUT2D eigenvalue weighted by Gasteiger charge is -2.65. The monoisotopic (exact) mass is 320 g/mol. The molecule has 3 aliphatic carbocycles. The number of ketones is 1. The summed E-state index contributed by atoms with van der Waals surface area (Å²) in [4.78, 5) is 30.2. The van der Waals surface area contributed by atoms with Crippen LogP contribution in [0.15, 0.2) is 36.4 Å². The number of benzene rings is 1. The van der Waals surface area contributed by atoms with E-state index in [2.05, 4.69) is 36.2 Å². The number of nitrogens with zero attached hydrogens (tertiary/aromatic N) is 2. The molecule has 1 aromatic carbocycles. The number of fused-ring (bicyclic) bond motifs is 3. The van der Waals surface area contributed by atoms with E-state index in [1.165, 1.54) is 11.3 Å². The lowest BCUT2D eigenvalue weighted by molar-refractivity contribution is -0.153. The molecular formula is C20H20N2O2. The van der Waals surface area contributed by atoms with Gasteiger partial charge in [-0.05, 0) is 30.9 Å². The Kier molecular flexibility index (Phi) is 1.99. The smallest absolute Gasteiger partial charge is 0.246 e. The van der Waals surface area contributed by atoms with Crippen LogP contribution in [0.4, 0.5) is 5.69 Å². The second-order valence-electron chi connectivity index (χ2n) is 8.24. The highest BCUT2D eigenvalue weighted by molar-refractivity contribution is 6.00. The average molecular weight is 320 g/mol. The third-order valence-corrected chi connectivity index (χ3v) is 7.96. The van der Waals surface area contributed by atoms with Crippen LogP contribution in [0.2, 0.25) is 0 Å². The molecule has 4 fully saturated rings. The molecule has 0 unspecified atom stereocenters. The van der Waals surface area contributed by atoms with Crippen LogP contribution in [0.3, 0.4) is 0 Å². The van der Waals surface area contributed by atoms with E-state index in [0.717, 1.165) is 25.8 Å². The molecule has 7 rings (SSSR count). The molecule has 1 saturated heterocycles. The summed E-state index contributed by atoms with van der Waals surface area (Å²) < 4.78 is 0. The van der Waals surface area contributed by atoms with E-state index in [1.807, 2.05) is 11.0 Å². The Morgan fingerprint density at radius 2 is 1.96 bits per heavy atom. The number of carbonyl (C=O) groups is 2. The fourth-order valence-electron chi connectivity index (χ4n) is 7.09. The first-order valence-corrected chi connectivity index (χ1v) is 8.93. The van der Waals surface area contributed by atoms with Gasteiger partial charge in [0.15, 0.2) is 0 Å². The second kappa shape index (κ2) is 3.61. The van der Waals surface area contributed by atoms with Gasteiger partial charge in [0.1, 0.15) is 5.78 Å². The Bertz CT molecular complexity index is 861. The largest absolute Gasteiger partial charge is 0.367 e. The van der Waals surface area contributed by atoms with E-state index < -0.39 is 5.41 Å². The zero-order valence-electron chi connectivity index (χ0n) is 13.8. The minimum Gasteiger partial charge on any atom is -0.367 e. The van der Waals surface area contributed by atoms with Crippen LogP contribution in [-0.4, -0.2) is 41.8 Å². The van der Waals surface area contributed by atoms with E-state index in [0.29, 0.717) is 12.2 Å². The molecule has 3 aliphatic heterocycles. The highest BCUT2D eigenvalue weighted by Crippen LogP contribution is 2.72. The number of hydrogen-bond donors (Lipinski definition) is 0. The third-order valence-electron chi connectivity index (χ3n) is 7.96. The van der Waals surface area contributed by atoms with Crippen LogP contribution in [0.25, 0.3) is 0 Å². The minimum atomic E-state index is -0.454. The lowest BCUT2D eigenvalue weighted by atomic mass is 9.42. The predicted octanol–water partition coefficient (Wildman–Crippen LogP) is 2.04. The first kappa shape index (κ1) is 13.2. The van der Waals surface area contributed by atoms with E-state index in [-0.39, 0.29) is 22.9 Å². The highest BCUT2D eigenvalue weighted by atomic mass is 16.2. The number of likely N-dealkylation sites (N-methyl/N-ethyl adjacent to an activating group) is 1. The molecule has 1 amide bonds. The van der Waals surface area contributed by atoms with E-state index in [9.17, 15) is 9.59 Å². The molecule has 4 nitrogen and oxygen atoms in total. The molecule has 122 valence electrons. The van der Waals surface area contributed by atoms with Crippen molar-refractivity contribution in [2.45, 2.75) is 42.7 Å². The number of Topliss-reactive ketones (excluding diaryl/α,β-unsaturated/α-hetero) is 1. The fraction of sp³-hybridized carbons (Fsp3) is 0.500. The summed E-state index contributed by atoms with van der Waals surface area (Å²) in [5, 5.41) is 0. The predicted molar refractivity (Wildman–Crippen MR) is 89.8 cm³/mol. The van der Waals surface area contributed by atoms with E-state index >= 15 is 0 Å². The Hall–Kier alpha value is -2.10. The van der Waals surface area contributed by atoms with E-state index in [1.54, 1.807) is 6.08 Å². The fourth-order valence-corrected chi connectivity index (χ4v) is 7.09. The van der Waals surface area contributed by atoms with Crippen molar-refractivity contribution in [2.75, 3.05) is 18.5 Å². The van der Waals surface area contributed by atoms with Gasteiger partial charge < -0.3 is 9.80 Å². The number of para-hydroxylation sites is 1. The zero-order valence-corrected chi connectivity index (χ0v) is 13.8. The minimum absolute atomic E-state index is 0.00333. The average Bonchev–Trinajstić information content (AvgIpc) is 3.11. The number of amides is 1. The summed E-state index contributed by atoms with van der Waals surface area (Å²) >= 11 is 0. The Labute approximate surface area is 141 Å². The van der Waals surface area contributed by atoms with Crippen molar-refractivity contribution in [3.8, 4) is 0 Å². The summed E-state index contributed by atoms with van der Waals surface area (Å²) in [7, 11) is 2.16. The maximum absolute atomic E-state index is 13.3. The van der Waals surface area contributed by atoms with Crippen molar-refractivity contribution in [3.05, 3.63) is 42.0 Å².